The predicted molar refractivity (Wildman–Crippen MR) is 93.2 cm³/mol. The van der Waals surface area contributed by atoms with Crippen LogP contribution in [0.15, 0.2) is 42.1 Å². The Morgan fingerprint density at radius 2 is 2.04 bits per heavy atom. The van der Waals surface area contributed by atoms with Crippen LogP contribution in [-0.4, -0.2) is 32.7 Å². The first-order chi connectivity index (χ1) is 12.0. The second-order valence-electron chi connectivity index (χ2n) is 4.76. The third-order valence-electron chi connectivity index (χ3n) is 3.11. The van der Waals surface area contributed by atoms with E-state index in [4.69, 9.17) is 14.7 Å². The van der Waals surface area contributed by atoms with E-state index in [0.29, 0.717) is 29.4 Å². The van der Waals surface area contributed by atoms with Crippen LogP contribution >= 0.6 is 0 Å². The van der Waals surface area contributed by atoms with Gasteiger partial charge in [0.15, 0.2) is 0 Å². The van der Waals surface area contributed by atoms with Crippen LogP contribution < -0.4 is 25.4 Å². The molecule has 0 saturated carbocycles. The van der Waals surface area contributed by atoms with E-state index in [-0.39, 0.29) is 5.57 Å². The number of nitrogens with zero attached hydrogens (tertiary/aromatic N) is 1. The van der Waals surface area contributed by atoms with Crippen LogP contribution in [0.3, 0.4) is 0 Å². The van der Waals surface area contributed by atoms with Crippen molar-refractivity contribution in [3.8, 4) is 17.6 Å². The molecule has 0 fully saturated rings. The van der Waals surface area contributed by atoms with Gasteiger partial charge in [0.1, 0.15) is 23.1 Å². The van der Waals surface area contributed by atoms with Gasteiger partial charge in [-0.3, -0.25) is 10.1 Å². The number of benzene rings is 1. The molecule has 0 heterocycles. The lowest BCUT2D eigenvalue weighted by Crippen LogP contribution is -2.36. The molecule has 3 amide bonds. The minimum absolute atomic E-state index is 0.199. The third-order valence-corrected chi connectivity index (χ3v) is 3.11. The number of hydrogen-bond donors (Lipinski definition) is 3. The highest BCUT2D eigenvalue weighted by Gasteiger charge is 2.17. The maximum Gasteiger partial charge on any atom is 0.326 e. The summed E-state index contributed by atoms with van der Waals surface area (Å²) in [5.74, 6) is 0.0729. The first kappa shape index (κ1) is 19.6. The Hall–Kier alpha value is -3.47. The summed E-state index contributed by atoms with van der Waals surface area (Å²) in [4.78, 5) is 24.1. The average molecular weight is 344 g/mol. The lowest BCUT2D eigenvalue weighted by molar-refractivity contribution is -0.116. The number of methoxy groups -OCH3 is 2. The molecule has 0 spiro atoms. The van der Waals surface area contributed by atoms with Crippen molar-refractivity contribution in [3.05, 3.63) is 42.1 Å². The van der Waals surface area contributed by atoms with Crippen LogP contribution in [0.2, 0.25) is 0 Å². The van der Waals surface area contributed by atoms with E-state index >= 15 is 0 Å². The Labute approximate surface area is 146 Å². The molecule has 0 aliphatic heterocycles. The number of urea groups is 1. The molecule has 8 heteroatoms. The SMILES string of the molecule is C=CCN/C(C)=C(\C#N)C(=O)NC(=O)Nc1cc(OC)ccc1OC. The fourth-order valence-electron chi connectivity index (χ4n) is 1.85. The number of hydrogen-bond acceptors (Lipinski definition) is 6. The Morgan fingerprint density at radius 1 is 1.32 bits per heavy atom. The standard InChI is InChI=1S/C17H20N4O4/c1-5-8-19-11(2)13(10-18)16(22)21-17(23)20-14-9-12(24-3)6-7-15(14)25-4/h5-7,9,19H,1,8H2,2-4H3,(H2,20,21,22,23)/b13-11+. The lowest BCUT2D eigenvalue weighted by Gasteiger charge is -2.12. The van der Waals surface area contributed by atoms with Gasteiger partial charge in [0.2, 0.25) is 0 Å². The number of rotatable bonds is 7. The lowest BCUT2D eigenvalue weighted by atomic mass is 10.2. The average Bonchev–Trinajstić information content (AvgIpc) is 2.60. The van der Waals surface area contributed by atoms with Crippen LogP contribution in [0.4, 0.5) is 10.5 Å². The zero-order valence-electron chi connectivity index (χ0n) is 14.3. The third kappa shape index (κ3) is 5.58. The Morgan fingerprint density at radius 3 is 2.60 bits per heavy atom. The molecule has 8 nitrogen and oxygen atoms in total. The van der Waals surface area contributed by atoms with Crippen molar-refractivity contribution in [2.75, 3.05) is 26.1 Å². The van der Waals surface area contributed by atoms with Gasteiger partial charge in [-0.05, 0) is 19.1 Å². The van der Waals surface area contributed by atoms with E-state index in [9.17, 15) is 9.59 Å². The van der Waals surface area contributed by atoms with Crippen LogP contribution in [-0.2, 0) is 4.79 Å². The quantitative estimate of drug-likeness (QED) is 0.396. The van der Waals surface area contributed by atoms with Gasteiger partial charge >= 0.3 is 6.03 Å². The number of amides is 3. The Kier molecular flexibility index (Phi) is 7.53. The second kappa shape index (κ2) is 9.62. The smallest absolute Gasteiger partial charge is 0.326 e. The maximum atomic E-state index is 12.1. The van der Waals surface area contributed by atoms with E-state index in [1.54, 1.807) is 37.3 Å². The molecule has 3 N–H and O–H groups in total. The molecular formula is C17H20N4O4. The molecule has 0 radical (unpaired) electrons. The molecule has 0 aliphatic rings. The number of carbonyl (C=O) groups excluding carboxylic acids is 2. The highest BCUT2D eigenvalue weighted by Crippen LogP contribution is 2.28. The number of allylic oxidation sites excluding steroid dienone is 1. The van der Waals surface area contributed by atoms with E-state index in [2.05, 4.69) is 22.5 Å². The van der Waals surface area contributed by atoms with Gasteiger partial charge in [0.05, 0.1) is 19.9 Å². The zero-order valence-corrected chi connectivity index (χ0v) is 14.3. The molecule has 25 heavy (non-hydrogen) atoms. The molecule has 0 aliphatic carbocycles. The molecule has 0 bridgehead atoms. The summed E-state index contributed by atoms with van der Waals surface area (Å²) in [6, 6.07) is 5.78. The monoisotopic (exact) mass is 344 g/mol. The summed E-state index contributed by atoms with van der Waals surface area (Å²) in [7, 11) is 2.93. The van der Waals surface area contributed by atoms with Crippen molar-refractivity contribution in [1.82, 2.24) is 10.6 Å². The first-order valence-corrected chi connectivity index (χ1v) is 7.26. The van der Waals surface area contributed by atoms with Crippen molar-refractivity contribution < 1.29 is 19.1 Å². The van der Waals surface area contributed by atoms with E-state index in [1.165, 1.54) is 14.2 Å². The summed E-state index contributed by atoms with van der Waals surface area (Å²) in [5.41, 5.74) is 0.456. The molecule has 0 saturated heterocycles. The molecule has 1 aromatic carbocycles. The molecular weight excluding hydrogens is 324 g/mol. The van der Waals surface area contributed by atoms with Crippen LogP contribution in [0.25, 0.3) is 0 Å². The summed E-state index contributed by atoms with van der Waals surface area (Å²) in [5, 5.41) is 16.5. The Balaban J connectivity index is 2.87. The van der Waals surface area contributed by atoms with Crippen LogP contribution in [0.1, 0.15) is 6.92 Å². The van der Waals surface area contributed by atoms with Gasteiger partial charge in [-0.1, -0.05) is 6.08 Å². The van der Waals surface area contributed by atoms with E-state index in [0.717, 1.165) is 0 Å². The van der Waals surface area contributed by atoms with Crippen molar-refractivity contribution in [2.45, 2.75) is 6.92 Å². The molecule has 1 rings (SSSR count). The largest absolute Gasteiger partial charge is 0.497 e. The van der Waals surface area contributed by atoms with Crippen LogP contribution in [0, 0.1) is 11.3 Å². The maximum absolute atomic E-state index is 12.1. The van der Waals surface area contributed by atoms with Crippen molar-refractivity contribution in [1.29, 1.82) is 5.26 Å². The summed E-state index contributed by atoms with van der Waals surface area (Å²) < 4.78 is 10.2. The van der Waals surface area contributed by atoms with Crippen molar-refractivity contribution >= 4 is 17.6 Å². The minimum atomic E-state index is -0.823. The Bertz CT molecular complexity index is 735. The summed E-state index contributed by atoms with van der Waals surface area (Å²) in [6.07, 6.45) is 1.58. The molecule has 132 valence electrons. The van der Waals surface area contributed by atoms with Crippen LogP contribution in [0.5, 0.6) is 11.5 Å². The molecule has 0 aromatic heterocycles. The highest BCUT2D eigenvalue weighted by atomic mass is 16.5. The number of carbonyl (C=O) groups is 2. The number of nitriles is 1. The predicted octanol–water partition coefficient (Wildman–Crippen LogP) is 1.93. The van der Waals surface area contributed by atoms with Gasteiger partial charge in [-0.2, -0.15) is 5.26 Å². The topological polar surface area (TPSA) is 112 Å². The van der Waals surface area contributed by atoms with Gasteiger partial charge in [0, 0.05) is 18.3 Å². The number of ether oxygens (including phenoxy) is 2. The first-order valence-electron chi connectivity index (χ1n) is 7.26. The fraction of sp³-hybridized carbons (Fsp3) is 0.235. The van der Waals surface area contributed by atoms with E-state index < -0.39 is 11.9 Å². The van der Waals surface area contributed by atoms with Crippen molar-refractivity contribution in [2.24, 2.45) is 0 Å². The minimum Gasteiger partial charge on any atom is -0.497 e. The second-order valence-corrected chi connectivity index (χ2v) is 4.76. The van der Waals surface area contributed by atoms with Gasteiger partial charge in [0.25, 0.3) is 5.91 Å². The fourth-order valence-corrected chi connectivity index (χ4v) is 1.85. The molecule has 0 unspecified atom stereocenters. The van der Waals surface area contributed by atoms with Gasteiger partial charge < -0.3 is 20.1 Å². The highest BCUT2D eigenvalue weighted by molar-refractivity contribution is 6.10. The molecule has 1 aromatic rings. The van der Waals surface area contributed by atoms with Gasteiger partial charge in [-0.25, -0.2) is 4.79 Å². The number of nitrogens with one attached hydrogen (secondary N) is 3. The van der Waals surface area contributed by atoms with Crippen molar-refractivity contribution in [3.63, 3.8) is 0 Å². The number of imide groups is 1. The molecule has 0 atom stereocenters. The van der Waals surface area contributed by atoms with E-state index in [1.807, 2.05) is 0 Å². The summed E-state index contributed by atoms with van der Waals surface area (Å²) in [6.45, 7) is 5.48. The number of anilines is 1. The normalized spacial score (nSPS) is 10.6. The summed E-state index contributed by atoms with van der Waals surface area (Å²) >= 11 is 0. The van der Waals surface area contributed by atoms with Gasteiger partial charge in [-0.15, -0.1) is 6.58 Å². The zero-order chi connectivity index (χ0) is 18.8.